The molecule has 8 heteroatoms. The molecule has 1 atom stereocenters. The third-order valence-corrected chi connectivity index (χ3v) is 4.46. The van der Waals surface area contributed by atoms with Crippen molar-refractivity contribution in [2.24, 2.45) is 12.0 Å². The van der Waals surface area contributed by atoms with Crippen LogP contribution in [0.2, 0.25) is 5.02 Å². The molecule has 0 aliphatic carbocycles. The number of benzene rings is 1. The number of aromatic nitrogens is 2. The van der Waals surface area contributed by atoms with E-state index in [0.717, 1.165) is 29.8 Å². The zero-order valence-corrected chi connectivity index (χ0v) is 17.8. The number of rotatable bonds is 9. The Hall–Kier alpha value is -2.25. The van der Waals surface area contributed by atoms with Gasteiger partial charge in [0.05, 0.1) is 19.3 Å². The van der Waals surface area contributed by atoms with Crippen LogP contribution in [0.5, 0.6) is 5.75 Å². The average molecular weight is 408 g/mol. The Morgan fingerprint density at radius 1 is 1.39 bits per heavy atom. The molecule has 0 amide bonds. The molecule has 28 heavy (non-hydrogen) atoms. The minimum atomic E-state index is -1.08. The van der Waals surface area contributed by atoms with Crippen LogP contribution in [0.3, 0.4) is 0 Å². The summed E-state index contributed by atoms with van der Waals surface area (Å²) in [7, 11) is 1.82. The lowest BCUT2D eigenvalue weighted by molar-refractivity contribution is 0.0672. The minimum Gasteiger partial charge on any atom is -0.493 e. The van der Waals surface area contributed by atoms with Crippen LogP contribution in [0.15, 0.2) is 35.6 Å². The van der Waals surface area contributed by atoms with Gasteiger partial charge in [0.15, 0.2) is 5.96 Å². The van der Waals surface area contributed by atoms with Gasteiger partial charge in [0, 0.05) is 36.9 Å². The normalized spacial score (nSPS) is 13.9. The first-order valence-electron chi connectivity index (χ1n) is 9.44. The summed E-state index contributed by atoms with van der Waals surface area (Å²) in [6.07, 6.45) is 4.27. The first-order valence-corrected chi connectivity index (χ1v) is 9.82. The molecule has 1 heterocycles. The Balaban J connectivity index is 1.81. The third-order valence-electron chi connectivity index (χ3n) is 4.22. The quantitative estimate of drug-likeness (QED) is 0.338. The smallest absolute Gasteiger partial charge is 0.191 e. The van der Waals surface area contributed by atoms with Crippen LogP contribution in [-0.4, -0.2) is 47.1 Å². The Labute approximate surface area is 171 Å². The SMILES string of the molecule is CCNC(=NCC(C)(O)c1cnn(C)c1)NCCCOc1ccc(Cl)cc1C. The van der Waals surface area contributed by atoms with Crippen molar-refractivity contribution in [1.29, 1.82) is 0 Å². The highest BCUT2D eigenvalue weighted by atomic mass is 35.5. The number of halogens is 1. The molecule has 0 saturated carbocycles. The zero-order valence-electron chi connectivity index (χ0n) is 17.0. The van der Waals surface area contributed by atoms with E-state index in [4.69, 9.17) is 16.3 Å². The zero-order chi connectivity index (χ0) is 20.6. The van der Waals surface area contributed by atoms with Gasteiger partial charge in [-0.25, -0.2) is 4.99 Å². The maximum atomic E-state index is 10.7. The Morgan fingerprint density at radius 3 is 2.82 bits per heavy atom. The van der Waals surface area contributed by atoms with Gasteiger partial charge in [0.25, 0.3) is 0 Å². The first-order chi connectivity index (χ1) is 13.3. The van der Waals surface area contributed by atoms with Gasteiger partial charge in [-0.2, -0.15) is 5.10 Å². The fraction of sp³-hybridized carbons (Fsp3) is 0.500. The summed E-state index contributed by atoms with van der Waals surface area (Å²) >= 11 is 5.96. The topological polar surface area (TPSA) is 83.7 Å². The van der Waals surface area contributed by atoms with E-state index in [1.54, 1.807) is 24.0 Å². The Bertz CT molecular complexity index is 789. The number of guanidine groups is 1. The van der Waals surface area contributed by atoms with Crippen LogP contribution in [0.1, 0.15) is 31.4 Å². The molecule has 0 aliphatic rings. The lowest BCUT2D eigenvalue weighted by Gasteiger charge is -2.20. The van der Waals surface area contributed by atoms with Gasteiger partial charge in [0.2, 0.25) is 0 Å². The molecule has 3 N–H and O–H groups in total. The van der Waals surface area contributed by atoms with E-state index < -0.39 is 5.60 Å². The molecule has 0 bridgehead atoms. The highest BCUT2D eigenvalue weighted by Crippen LogP contribution is 2.22. The van der Waals surface area contributed by atoms with Crippen molar-refractivity contribution < 1.29 is 9.84 Å². The molecule has 0 aliphatic heterocycles. The summed E-state index contributed by atoms with van der Waals surface area (Å²) in [5.41, 5.74) is 0.681. The molecule has 0 radical (unpaired) electrons. The molecule has 0 saturated heterocycles. The standard InChI is InChI=1S/C20H30ClN5O2/c1-5-22-19(24-14-20(3,27)16-12-25-26(4)13-16)23-9-6-10-28-18-8-7-17(21)11-15(18)2/h7-8,11-13,27H,5-6,9-10,14H2,1-4H3,(H2,22,23,24). The number of aliphatic imine (C=N–C) groups is 1. The van der Waals surface area contributed by atoms with Gasteiger partial charge in [-0.15, -0.1) is 0 Å². The maximum Gasteiger partial charge on any atom is 0.191 e. The predicted octanol–water partition coefficient (Wildman–Crippen LogP) is 2.61. The Kier molecular flexibility index (Phi) is 8.14. The van der Waals surface area contributed by atoms with Gasteiger partial charge >= 0.3 is 0 Å². The van der Waals surface area contributed by atoms with Gasteiger partial charge in [-0.05, 0) is 51.0 Å². The largest absolute Gasteiger partial charge is 0.493 e. The van der Waals surface area contributed by atoms with Crippen LogP contribution < -0.4 is 15.4 Å². The van der Waals surface area contributed by atoms with Crippen molar-refractivity contribution in [3.8, 4) is 5.75 Å². The molecular weight excluding hydrogens is 378 g/mol. The van der Waals surface area contributed by atoms with Crippen LogP contribution in [0.25, 0.3) is 0 Å². The number of nitrogens with zero attached hydrogens (tertiary/aromatic N) is 3. The predicted molar refractivity (Wildman–Crippen MR) is 113 cm³/mol. The average Bonchev–Trinajstić information content (AvgIpc) is 3.08. The monoisotopic (exact) mass is 407 g/mol. The maximum absolute atomic E-state index is 10.7. The summed E-state index contributed by atoms with van der Waals surface area (Å²) < 4.78 is 7.47. The molecule has 7 nitrogen and oxygen atoms in total. The lowest BCUT2D eigenvalue weighted by Crippen LogP contribution is -2.39. The van der Waals surface area contributed by atoms with E-state index in [2.05, 4.69) is 20.7 Å². The van der Waals surface area contributed by atoms with E-state index in [1.165, 1.54) is 0 Å². The lowest BCUT2D eigenvalue weighted by atomic mass is 10.0. The van der Waals surface area contributed by atoms with Crippen molar-refractivity contribution in [2.45, 2.75) is 32.8 Å². The summed E-state index contributed by atoms with van der Waals surface area (Å²) in [6.45, 7) is 7.97. The Morgan fingerprint density at radius 2 is 2.18 bits per heavy atom. The van der Waals surface area contributed by atoms with E-state index in [1.807, 2.05) is 39.1 Å². The molecular formula is C20H30ClN5O2. The molecule has 1 aromatic carbocycles. The van der Waals surface area contributed by atoms with Gasteiger partial charge in [0.1, 0.15) is 11.4 Å². The summed E-state index contributed by atoms with van der Waals surface area (Å²) in [6, 6.07) is 5.60. The van der Waals surface area contributed by atoms with Gasteiger partial charge in [-0.3, -0.25) is 4.68 Å². The molecule has 154 valence electrons. The number of hydrogen-bond donors (Lipinski definition) is 3. The van der Waals surface area contributed by atoms with E-state index >= 15 is 0 Å². The second-order valence-corrected chi connectivity index (χ2v) is 7.35. The van der Waals surface area contributed by atoms with Crippen LogP contribution in [0.4, 0.5) is 0 Å². The highest BCUT2D eigenvalue weighted by molar-refractivity contribution is 6.30. The minimum absolute atomic E-state index is 0.231. The molecule has 0 spiro atoms. The molecule has 1 aromatic heterocycles. The molecule has 1 unspecified atom stereocenters. The van der Waals surface area contributed by atoms with E-state index in [0.29, 0.717) is 24.1 Å². The molecule has 0 fully saturated rings. The summed E-state index contributed by atoms with van der Waals surface area (Å²) in [4.78, 5) is 4.50. The highest BCUT2D eigenvalue weighted by Gasteiger charge is 2.24. The van der Waals surface area contributed by atoms with Gasteiger partial charge in [-0.1, -0.05) is 11.6 Å². The van der Waals surface area contributed by atoms with Crippen molar-refractivity contribution in [3.05, 3.63) is 46.7 Å². The van der Waals surface area contributed by atoms with Crippen LogP contribution in [0, 0.1) is 6.92 Å². The van der Waals surface area contributed by atoms with E-state index in [-0.39, 0.29) is 6.54 Å². The summed E-state index contributed by atoms with van der Waals surface area (Å²) in [5, 5.41) is 21.9. The van der Waals surface area contributed by atoms with Crippen LogP contribution in [-0.2, 0) is 12.6 Å². The summed E-state index contributed by atoms with van der Waals surface area (Å²) in [5.74, 6) is 1.51. The van der Waals surface area contributed by atoms with Crippen molar-refractivity contribution >= 4 is 17.6 Å². The fourth-order valence-corrected chi connectivity index (χ4v) is 2.83. The third kappa shape index (κ3) is 6.73. The molecule has 2 rings (SSSR count). The van der Waals surface area contributed by atoms with Crippen LogP contribution >= 0.6 is 11.6 Å². The first kappa shape index (κ1) is 22.0. The van der Waals surface area contributed by atoms with E-state index in [9.17, 15) is 5.11 Å². The number of aryl methyl sites for hydroxylation is 2. The second kappa shape index (κ2) is 10.3. The molecule has 2 aromatic rings. The fourth-order valence-electron chi connectivity index (χ4n) is 2.60. The van der Waals surface area contributed by atoms with Crippen molar-refractivity contribution in [2.75, 3.05) is 26.2 Å². The van der Waals surface area contributed by atoms with Gasteiger partial charge < -0.3 is 20.5 Å². The number of nitrogens with one attached hydrogen (secondary N) is 2. The number of ether oxygens (including phenoxy) is 1. The van der Waals surface area contributed by atoms with Crippen molar-refractivity contribution in [1.82, 2.24) is 20.4 Å². The second-order valence-electron chi connectivity index (χ2n) is 6.91. The number of hydrogen-bond acceptors (Lipinski definition) is 4. The number of aliphatic hydroxyl groups is 1. The van der Waals surface area contributed by atoms with Crippen molar-refractivity contribution in [3.63, 3.8) is 0 Å².